The van der Waals surface area contributed by atoms with E-state index in [1.807, 2.05) is 24.3 Å². The highest BCUT2D eigenvalue weighted by atomic mass is 16.5. The van der Waals surface area contributed by atoms with E-state index in [1.165, 1.54) is 5.56 Å². The van der Waals surface area contributed by atoms with E-state index in [0.29, 0.717) is 5.69 Å². The normalized spacial score (nSPS) is 10.1. The maximum Gasteiger partial charge on any atom is 0.238 e. The average molecular weight is 270 g/mol. The molecule has 0 aliphatic rings. The van der Waals surface area contributed by atoms with Crippen molar-refractivity contribution in [1.82, 2.24) is 0 Å². The zero-order valence-electron chi connectivity index (χ0n) is 11.4. The number of nitrogens with two attached hydrogens (primary N) is 1. The molecule has 0 aliphatic heterocycles. The van der Waals surface area contributed by atoms with Crippen molar-refractivity contribution >= 4 is 11.6 Å². The monoisotopic (exact) mass is 270 g/mol. The number of carbonyl (C=O) groups is 1. The van der Waals surface area contributed by atoms with Crippen LogP contribution in [0.15, 0.2) is 48.5 Å². The van der Waals surface area contributed by atoms with Crippen molar-refractivity contribution in [3.05, 3.63) is 54.1 Å². The molecule has 3 N–H and O–H groups in total. The van der Waals surface area contributed by atoms with Crippen molar-refractivity contribution in [1.29, 1.82) is 0 Å². The molecule has 0 aromatic heterocycles. The Morgan fingerprint density at radius 2 is 1.60 bits per heavy atom. The number of amides is 1. The van der Waals surface area contributed by atoms with Crippen molar-refractivity contribution in [2.75, 3.05) is 11.9 Å². The first-order valence-electron chi connectivity index (χ1n) is 6.58. The number of nitrogens with one attached hydrogen (secondary N) is 1. The molecule has 104 valence electrons. The Morgan fingerprint density at radius 1 is 1.05 bits per heavy atom. The zero-order chi connectivity index (χ0) is 14.4. The van der Waals surface area contributed by atoms with Crippen LogP contribution >= 0.6 is 0 Å². The van der Waals surface area contributed by atoms with Gasteiger partial charge >= 0.3 is 0 Å². The van der Waals surface area contributed by atoms with E-state index in [1.54, 1.807) is 24.3 Å². The van der Waals surface area contributed by atoms with Gasteiger partial charge in [0.05, 0.1) is 6.54 Å². The van der Waals surface area contributed by atoms with Gasteiger partial charge in [-0.15, -0.1) is 0 Å². The van der Waals surface area contributed by atoms with Gasteiger partial charge in [0.25, 0.3) is 0 Å². The molecule has 0 atom stereocenters. The van der Waals surface area contributed by atoms with E-state index >= 15 is 0 Å². The zero-order valence-corrected chi connectivity index (χ0v) is 11.4. The predicted octanol–water partition coefficient (Wildman–Crippen LogP) is 2.94. The number of rotatable bonds is 5. The van der Waals surface area contributed by atoms with Crippen LogP contribution < -0.4 is 15.8 Å². The molecule has 0 bridgehead atoms. The topological polar surface area (TPSA) is 64.3 Å². The number of benzene rings is 2. The predicted molar refractivity (Wildman–Crippen MR) is 80.0 cm³/mol. The molecule has 0 aliphatic carbocycles. The molecule has 2 aromatic rings. The summed E-state index contributed by atoms with van der Waals surface area (Å²) >= 11 is 0. The van der Waals surface area contributed by atoms with Gasteiger partial charge in [-0.1, -0.05) is 19.1 Å². The van der Waals surface area contributed by atoms with E-state index in [4.69, 9.17) is 10.5 Å². The quantitative estimate of drug-likeness (QED) is 0.878. The summed E-state index contributed by atoms with van der Waals surface area (Å²) in [6, 6.07) is 15.2. The van der Waals surface area contributed by atoms with Crippen LogP contribution in [0.1, 0.15) is 12.5 Å². The number of carbonyl (C=O) groups excluding carboxylic acids is 1. The van der Waals surface area contributed by atoms with Gasteiger partial charge < -0.3 is 15.8 Å². The van der Waals surface area contributed by atoms with Gasteiger partial charge in [0.1, 0.15) is 11.5 Å². The van der Waals surface area contributed by atoms with Gasteiger partial charge in [-0.25, -0.2) is 0 Å². The van der Waals surface area contributed by atoms with Gasteiger partial charge in [-0.3, -0.25) is 4.79 Å². The Labute approximate surface area is 118 Å². The highest BCUT2D eigenvalue weighted by Gasteiger charge is 2.01. The maximum atomic E-state index is 11.2. The van der Waals surface area contributed by atoms with Crippen LogP contribution in [-0.4, -0.2) is 12.5 Å². The number of aryl methyl sites for hydroxylation is 1. The summed E-state index contributed by atoms with van der Waals surface area (Å²) in [5, 5.41) is 2.68. The molecule has 0 saturated heterocycles. The molecule has 0 unspecified atom stereocenters. The smallest absolute Gasteiger partial charge is 0.238 e. The first kappa shape index (κ1) is 14.1. The molecule has 0 radical (unpaired) electrons. The van der Waals surface area contributed by atoms with Crippen LogP contribution in [0.2, 0.25) is 0 Å². The molecule has 0 spiro atoms. The molecule has 20 heavy (non-hydrogen) atoms. The summed E-state index contributed by atoms with van der Waals surface area (Å²) < 4.78 is 5.73. The van der Waals surface area contributed by atoms with E-state index < -0.39 is 0 Å². The lowest BCUT2D eigenvalue weighted by Crippen LogP contribution is -2.21. The number of ether oxygens (including phenoxy) is 1. The fraction of sp³-hybridized carbons (Fsp3) is 0.188. The maximum absolute atomic E-state index is 11.2. The molecule has 2 aromatic carbocycles. The van der Waals surface area contributed by atoms with Crippen molar-refractivity contribution in [2.24, 2.45) is 5.73 Å². The van der Waals surface area contributed by atoms with Crippen LogP contribution in [0.4, 0.5) is 5.69 Å². The summed E-state index contributed by atoms with van der Waals surface area (Å²) in [6.45, 7) is 2.09. The number of hydrogen-bond donors (Lipinski definition) is 2. The first-order chi connectivity index (χ1) is 9.71. The summed E-state index contributed by atoms with van der Waals surface area (Å²) in [5.74, 6) is 1.30. The molecule has 4 nitrogen and oxygen atoms in total. The molecule has 0 fully saturated rings. The van der Waals surface area contributed by atoms with Gasteiger partial charge in [0.15, 0.2) is 0 Å². The van der Waals surface area contributed by atoms with Gasteiger partial charge in [0.2, 0.25) is 5.91 Å². The largest absolute Gasteiger partial charge is 0.457 e. The molecular weight excluding hydrogens is 252 g/mol. The van der Waals surface area contributed by atoms with Crippen LogP contribution in [-0.2, 0) is 11.2 Å². The highest BCUT2D eigenvalue weighted by molar-refractivity contribution is 5.92. The van der Waals surface area contributed by atoms with Crippen molar-refractivity contribution < 1.29 is 9.53 Å². The second-order valence-corrected chi connectivity index (χ2v) is 4.38. The van der Waals surface area contributed by atoms with Gasteiger partial charge in [0, 0.05) is 5.69 Å². The lowest BCUT2D eigenvalue weighted by atomic mass is 10.2. The van der Waals surface area contributed by atoms with Gasteiger partial charge in [-0.05, 0) is 48.4 Å². The molecule has 2 rings (SSSR count). The molecule has 4 heteroatoms. The summed E-state index contributed by atoms with van der Waals surface area (Å²) in [4.78, 5) is 11.2. The number of hydrogen-bond acceptors (Lipinski definition) is 3. The number of anilines is 1. The minimum Gasteiger partial charge on any atom is -0.457 e. The molecular formula is C16H18N2O2. The SMILES string of the molecule is CCc1ccc(Oc2ccc(NC(=O)CN)cc2)cc1. The van der Waals surface area contributed by atoms with Crippen LogP contribution in [0.25, 0.3) is 0 Å². The Morgan fingerprint density at radius 3 is 2.10 bits per heavy atom. The Balaban J connectivity index is 2.00. The first-order valence-corrected chi connectivity index (χ1v) is 6.58. The minimum atomic E-state index is -0.214. The third-order valence-electron chi connectivity index (χ3n) is 2.89. The van der Waals surface area contributed by atoms with Crippen LogP contribution in [0, 0.1) is 0 Å². The third kappa shape index (κ3) is 3.83. The Kier molecular flexibility index (Phi) is 4.74. The average Bonchev–Trinajstić information content (AvgIpc) is 2.50. The van der Waals surface area contributed by atoms with Crippen LogP contribution in [0.5, 0.6) is 11.5 Å². The summed E-state index contributed by atoms with van der Waals surface area (Å²) in [6.07, 6.45) is 1.01. The summed E-state index contributed by atoms with van der Waals surface area (Å²) in [7, 11) is 0. The molecule has 0 saturated carbocycles. The minimum absolute atomic E-state index is 0.0258. The van der Waals surface area contributed by atoms with E-state index in [-0.39, 0.29) is 12.5 Å². The fourth-order valence-electron chi connectivity index (χ4n) is 1.75. The second kappa shape index (κ2) is 6.73. The van der Waals surface area contributed by atoms with E-state index in [9.17, 15) is 4.79 Å². The second-order valence-electron chi connectivity index (χ2n) is 4.38. The lowest BCUT2D eigenvalue weighted by Gasteiger charge is -2.08. The third-order valence-corrected chi connectivity index (χ3v) is 2.89. The van der Waals surface area contributed by atoms with Crippen molar-refractivity contribution in [3.63, 3.8) is 0 Å². The Bertz CT molecular complexity index is 562. The fourth-order valence-corrected chi connectivity index (χ4v) is 1.75. The van der Waals surface area contributed by atoms with Crippen molar-refractivity contribution in [2.45, 2.75) is 13.3 Å². The van der Waals surface area contributed by atoms with E-state index in [0.717, 1.165) is 17.9 Å². The van der Waals surface area contributed by atoms with E-state index in [2.05, 4.69) is 12.2 Å². The van der Waals surface area contributed by atoms with Crippen LogP contribution in [0.3, 0.4) is 0 Å². The van der Waals surface area contributed by atoms with Gasteiger partial charge in [-0.2, -0.15) is 0 Å². The molecule has 1 amide bonds. The lowest BCUT2D eigenvalue weighted by molar-refractivity contribution is -0.114. The molecule has 0 heterocycles. The highest BCUT2D eigenvalue weighted by Crippen LogP contribution is 2.23. The standard InChI is InChI=1S/C16H18N2O2/c1-2-12-3-7-14(8-4-12)20-15-9-5-13(6-10-15)18-16(19)11-17/h3-10H,2,11,17H2,1H3,(H,18,19). The Hall–Kier alpha value is -2.33. The van der Waals surface area contributed by atoms with Crippen molar-refractivity contribution in [3.8, 4) is 11.5 Å². The summed E-state index contributed by atoms with van der Waals surface area (Å²) in [5.41, 5.74) is 7.22.